The van der Waals surface area contributed by atoms with Gasteiger partial charge in [-0.25, -0.2) is 0 Å². The van der Waals surface area contributed by atoms with Crippen LogP contribution in [0.4, 0.5) is 0 Å². The Morgan fingerprint density at radius 2 is 1.97 bits per heavy atom. The first kappa shape index (κ1) is 23.5. The molecule has 1 aliphatic rings. The number of fused-ring (bicyclic) bond motifs is 1. The van der Waals surface area contributed by atoms with Gasteiger partial charge in [0.25, 0.3) is 5.89 Å². The van der Waals surface area contributed by atoms with E-state index in [9.17, 15) is 10.1 Å². The Hall–Kier alpha value is -4.22. The number of carbonyl (C=O) groups is 1. The van der Waals surface area contributed by atoms with Crippen molar-refractivity contribution < 1.29 is 19.2 Å². The molecule has 0 amide bonds. The van der Waals surface area contributed by atoms with Gasteiger partial charge in [0, 0.05) is 23.7 Å². The first-order chi connectivity index (χ1) is 17.4. The Balaban J connectivity index is 1.40. The van der Waals surface area contributed by atoms with Crippen LogP contribution in [0.5, 0.6) is 5.75 Å². The molecule has 0 bridgehead atoms. The number of rotatable bonds is 8. The van der Waals surface area contributed by atoms with E-state index in [2.05, 4.69) is 27.6 Å². The van der Waals surface area contributed by atoms with Crippen LogP contribution in [0.15, 0.2) is 59.1 Å². The smallest absolute Gasteiger partial charge is 0.306 e. The molecule has 182 valence electrons. The number of nitriles is 1. The maximum Gasteiger partial charge on any atom is 0.306 e. The molecule has 0 unspecified atom stereocenters. The molecular weight excluding hydrogens is 456 g/mol. The Bertz CT molecular complexity index is 1460. The summed E-state index contributed by atoms with van der Waals surface area (Å²) in [5, 5.41) is 28.4. The summed E-state index contributed by atoms with van der Waals surface area (Å²) in [5.74, 6) is 0.352. The number of aromatic nitrogens is 2. The summed E-state index contributed by atoms with van der Waals surface area (Å²) < 4.78 is 11.3. The van der Waals surface area contributed by atoms with Gasteiger partial charge in [-0.1, -0.05) is 41.6 Å². The van der Waals surface area contributed by atoms with Crippen molar-refractivity contribution in [2.45, 2.75) is 45.4 Å². The number of carboxylic acid groups (broad SMARTS) is 1. The second-order valence-electron chi connectivity index (χ2n) is 9.31. The number of hydrogen-bond donors (Lipinski definition) is 2. The summed E-state index contributed by atoms with van der Waals surface area (Å²) in [4.78, 5) is 15.7. The van der Waals surface area contributed by atoms with Crippen LogP contribution in [0.3, 0.4) is 0 Å². The molecule has 1 fully saturated rings. The van der Waals surface area contributed by atoms with Gasteiger partial charge in [0.2, 0.25) is 5.82 Å². The maximum absolute atomic E-state index is 11.1. The topological polar surface area (TPSA) is 121 Å². The van der Waals surface area contributed by atoms with Crippen molar-refractivity contribution in [1.82, 2.24) is 15.5 Å². The zero-order valence-electron chi connectivity index (χ0n) is 20.1. The molecule has 1 aromatic heterocycles. The quantitative estimate of drug-likeness (QED) is 0.353. The van der Waals surface area contributed by atoms with E-state index in [-0.39, 0.29) is 18.1 Å². The molecule has 0 radical (unpaired) electrons. The summed E-state index contributed by atoms with van der Waals surface area (Å²) in [6.45, 7) is 4.47. The van der Waals surface area contributed by atoms with E-state index in [4.69, 9.17) is 14.4 Å². The molecule has 0 aliphatic heterocycles. The van der Waals surface area contributed by atoms with Crippen molar-refractivity contribution in [2.75, 3.05) is 0 Å². The van der Waals surface area contributed by atoms with Crippen LogP contribution in [-0.4, -0.2) is 33.4 Å². The number of nitrogens with one attached hydrogen (secondary N) is 1. The molecule has 1 aliphatic carbocycles. The molecule has 0 atom stereocenters. The normalized spacial score (nSPS) is 17.1. The van der Waals surface area contributed by atoms with Crippen molar-refractivity contribution in [3.63, 3.8) is 0 Å². The first-order valence-electron chi connectivity index (χ1n) is 11.9. The second kappa shape index (κ2) is 9.80. The number of nitrogens with zero attached hydrogens (tertiary/aromatic N) is 3. The standard InChI is InChI=1S/C28H26N4O4/c1-16(2)35-25-10-8-17(11-20(25)14-29)27-31-26(32-36-27)24-9-7-18(22-5-3-4-6-23(22)24)15-30-21-12-19(13-21)28(33)34/h3-11,16,19,21,30H,12-13,15H2,1-2H3,(H,33,34)/t19-,21+. The van der Waals surface area contributed by atoms with Crippen molar-refractivity contribution >= 4 is 16.7 Å². The molecule has 2 N–H and O–H groups in total. The van der Waals surface area contributed by atoms with Gasteiger partial charge >= 0.3 is 5.97 Å². The Kier molecular flexibility index (Phi) is 6.40. The predicted molar refractivity (Wildman–Crippen MR) is 134 cm³/mol. The molecule has 8 nitrogen and oxygen atoms in total. The molecule has 1 saturated carbocycles. The number of carboxylic acids is 1. The van der Waals surface area contributed by atoms with Gasteiger partial charge in [0.15, 0.2) is 0 Å². The number of ether oxygens (including phenoxy) is 1. The lowest BCUT2D eigenvalue weighted by Crippen LogP contribution is -2.43. The molecule has 0 spiro atoms. The van der Waals surface area contributed by atoms with Crippen molar-refractivity contribution in [3.8, 4) is 34.7 Å². The van der Waals surface area contributed by atoms with Gasteiger partial charge in [0.05, 0.1) is 17.6 Å². The summed E-state index contributed by atoms with van der Waals surface area (Å²) in [6, 6.07) is 19.7. The first-order valence-corrected chi connectivity index (χ1v) is 11.9. The van der Waals surface area contributed by atoms with Gasteiger partial charge in [-0.15, -0.1) is 0 Å². The van der Waals surface area contributed by atoms with Crippen molar-refractivity contribution in [3.05, 3.63) is 65.7 Å². The minimum atomic E-state index is -0.717. The van der Waals surface area contributed by atoms with Crippen LogP contribution >= 0.6 is 0 Å². The number of benzene rings is 3. The van der Waals surface area contributed by atoms with E-state index in [1.54, 1.807) is 18.2 Å². The largest absolute Gasteiger partial charge is 0.490 e. The highest BCUT2D eigenvalue weighted by molar-refractivity contribution is 5.97. The summed E-state index contributed by atoms with van der Waals surface area (Å²) in [6.07, 6.45) is 1.28. The van der Waals surface area contributed by atoms with Gasteiger partial charge in [0.1, 0.15) is 11.8 Å². The zero-order valence-corrected chi connectivity index (χ0v) is 20.1. The van der Waals surface area contributed by atoms with Crippen LogP contribution in [0, 0.1) is 17.2 Å². The fourth-order valence-electron chi connectivity index (χ4n) is 4.51. The van der Waals surface area contributed by atoms with E-state index >= 15 is 0 Å². The lowest BCUT2D eigenvalue weighted by molar-refractivity contribution is -0.145. The lowest BCUT2D eigenvalue weighted by Gasteiger charge is -2.33. The van der Waals surface area contributed by atoms with Crippen LogP contribution < -0.4 is 10.1 Å². The monoisotopic (exact) mass is 482 g/mol. The highest BCUT2D eigenvalue weighted by atomic mass is 16.5. The second-order valence-corrected chi connectivity index (χ2v) is 9.31. The van der Waals surface area contributed by atoms with E-state index in [0.29, 0.717) is 48.0 Å². The average Bonchev–Trinajstić information content (AvgIpc) is 3.32. The minimum absolute atomic E-state index is 0.0419. The van der Waals surface area contributed by atoms with E-state index in [0.717, 1.165) is 21.9 Å². The number of hydrogen-bond acceptors (Lipinski definition) is 7. The zero-order chi connectivity index (χ0) is 25.2. The predicted octanol–water partition coefficient (Wildman–Crippen LogP) is 5.17. The Morgan fingerprint density at radius 1 is 1.19 bits per heavy atom. The third-order valence-electron chi connectivity index (χ3n) is 6.46. The lowest BCUT2D eigenvalue weighted by atomic mass is 9.80. The van der Waals surface area contributed by atoms with E-state index in [1.807, 2.05) is 44.2 Å². The Morgan fingerprint density at radius 3 is 2.69 bits per heavy atom. The third-order valence-corrected chi connectivity index (χ3v) is 6.46. The molecule has 8 heteroatoms. The van der Waals surface area contributed by atoms with Crippen molar-refractivity contribution in [2.24, 2.45) is 5.92 Å². The highest BCUT2D eigenvalue weighted by Gasteiger charge is 2.33. The van der Waals surface area contributed by atoms with Crippen molar-refractivity contribution in [1.29, 1.82) is 5.26 Å². The fourth-order valence-corrected chi connectivity index (χ4v) is 4.51. The minimum Gasteiger partial charge on any atom is -0.490 e. The number of aliphatic carboxylic acids is 1. The third kappa shape index (κ3) is 4.66. The Labute approximate surface area is 208 Å². The van der Waals surface area contributed by atoms with Crippen LogP contribution in [0.2, 0.25) is 0 Å². The summed E-state index contributed by atoms with van der Waals surface area (Å²) in [5.41, 5.74) is 3.02. The van der Waals surface area contributed by atoms with E-state index in [1.165, 1.54) is 0 Å². The summed E-state index contributed by atoms with van der Waals surface area (Å²) >= 11 is 0. The SMILES string of the molecule is CC(C)Oc1ccc(-c2nc(-c3ccc(CN[C@H]4C[C@@H](C(=O)O)C4)c4ccccc34)no2)cc1C#N. The van der Waals surface area contributed by atoms with Crippen LogP contribution in [0.25, 0.3) is 33.6 Å². The molecular formula is C28H26N4O4. The molecule has 4 aromatic rings. The highest BCUT2D eigenvalue weighted by Crippen LogP contribution is 2.33. The van der Waals surface area contributed by atoms with Gasteiger partial charge in [-0.3, -0.25) is 4.79 Å². The maximum atomic E-state index is 11.1. The molecule has 1 heterocycles. The summed E-state index contributed by atoms with van der Waals surface area (Å²) in [7, 11) is 0. The molecule has 0 saturated heterocycles. The molecule has 3 aromatic carbocycles. The van der Waals surface area contributed by atoms with Gasteiger partial charge in [-0.2, -0.15) is 10.2 Å². The molecule has 36 heavy (non-hydrogen) atoms. The van der Waals surface area contributed by atoms with Crippen LogP contribution in [-0.2, 0) is 11.3 Å². The fraction of sp³-hybridized carbons (Fsp3) is 0.286. The van der Waals surface area contributed by atoms with Gasteiger partial charge in [-0.05, 0) is 61.2 Å². The van der Waals surface area contributed by atoms with Gasteiger partial charge < -0.3 is 19.7 Å². The van der Waals surface area contributed by atoms with Crippen LogP contribution in [0.1, 0.15) is 37.8 Å². The molecule has 5 rings (SSSR count). The average molecular weight is 483 g/mol. The van der Waals surface area contributed by atoms with E-state index < -0.39 is 5.97 Å².